The molecule has 5 heteroatoms. The predicted octanol–water partition coefficient (Wildman–Crippen LogP) is 3.10. The number of anilines is 2. The molecule has 2 unspecified atom stereocenters. The molecule has 1 saturated carbocycles. The van der Waals surface area contributed by atoms with Crippen LogP contribution in [0, 0.1) is 5.92 Å². The molecule has 20 heavy (non-hydrogen) atoms. The highest BCUT2D eigenvalue weighted by Gasteiger charge is 2.22. The van der Waals surface area contributed by atoms with Crippen LogP contribution in [0.3, 0.4) is 0 Å². The highest BCUT2D eigenvalue weighted by atomic mass is 15.3. The van der Waals surface area contributed by atoms with Gasteiger partial charge in [0.2, 0.25) is 0 Å². The Kier molecular flexibility index (Phi) is 5.59. The minimum atomic E-state index is 0.532. The average molecular weight is 277 g/mol. The van der Waals surface area contributed by atoms with Gasteiger partial charge in [-0.1, -0.05) is 39.5 Å². The van der Waals surface area contributed by atoms with Gasteiger partial charge in [0, 0.05) is 11.6 Å². The summed E-state index contributed by atoms with van der Waals surface area (Å²) in [5.41, 5.74) is 3.79. The zero-order valence-corrected chi connectivity index (χ0v) is 12.7. The van der Waals surface area contributed by atoms with Crippen molar-refractivity contribution in [2.45, 2.75) is 64.8 Å². The normalized spacial score (nSPS) is 22.6. The van der Waals surface area contributed by atoms with Gasteiger partial charge in [-0.25, -0.2) is 15.8 Å². The van der Waals surface area contributed by atoms with Crippen LogP contribution >= 0.6 is 0 Å². The Balaban J connectivity index is 2.11. The molecule has 5 nitrogen and oxygen atoms in total. The monoisotopic (exact) mass is 277 g/mol. The number of nitrogens with one attached hydrogen (secondary N) is 2. The van der Waals surface area contributed by atoms with Crippen molar-refractivity contribution >= 4 is 11.6 Å². The molecule has 1 aliphatic carbocycles. The Labute approximate surface area is 121 Å². The van der Waals surface area contributed by atoms with Crippen LogP contribution in [0.25, 0.3) is 0 Å². The Morgan fingerprint density at radius 3 is 2.75 bits per heavy atom. The van der Waals surface area contributed by atoms with E-state index in [1.165, 1.54) is 32.1 Å². The van der Waals surface area contributed by atoms with Gasteiger partial charge in [0.1, 0.15) is 18.0 Å². The van der Waals surface area contributed by atoms with Gasteiger partial charge in [0.15, 0.2) is 0 Å². The molecule has 112 valence electrons. The lowest BCUT2D eigenvalue weighted by atomic mass is 9.84. The lowest BCUT2D eigenvalue weighted by molar-refractivity contribution is 0.327. The van der Waals surface area contributed by atoms with E-state index in [0.29, 0.717) is 6.04 Å². The minimum absolute atomic E-state index is 0.532. The summed E-state index contributed by atoms with van der Waals surface area (Å²) in [4.78, 5) is 8.65. The van der Waals surface area contributed by atoms with Gasteiger partial charge < -0.3 is 10.7 Å². The summed E-state index contributed by atoms with van der Waals surface area (Å²) in [5, 5.41) is 3.63. The summed E-state index contributed by atoms with van der Waals surface area (Å²) in [6, 6.07) is 0.532. The first-order valence-corrected chi connectivity index (χ1v) is 7.85. The number of nitrogens with zero attached hydrogens (tertiary/aromatic N) is 2. The van der Waals surface area contributed by atoms with Crippen molar-refractivity contribution in [1.29, 1.82) is 0 Å². The number of rotatable bonds is 6. The molecular weight excluding hydrogens is 250 g/mol. The summed E-state index contributed by atoms with van der Waals surface area (Å²) in [5.74, 6) is 8.11. The molecule has 0 saturated heterocycles. The molecule has 1 heterocycles. The quantitative estimate of drug-likeness (QED) is 0.550. The molecule has 1 aliphatic rings. The van der Waals surface area contributed by atoms with Gasteiger partial charge in [0.05, 0.1) is 0 Å². The molecule has 0 aliphatic heterocycles. The highest BCUT2D eigenvalue weighted by molar-refractivity contribution is 5.57. The van der Waals surface area contributed by atoms with Gasteiger partial charge >= 0.3 is 0 Å². The summed E-state index contributed by atoms with van der Waals surface area (Å²) in [6.45, 7) is 4.45. The van der Waals surface area contributed by atoms with Crippen LogP contribution in [0.2, 0.25) is 0 Å². The Morgan fingerprint density at radius 2 is 2.05 bits per heavy atom. The largest absolute Gasteiger partial charge is 0.367 e. The Bertz CT molecular complexity index is 421. The van der Waals surface area contributed by atoms with Crippen LogP contribution in [0.1, 0.15) is 57.9 Å². The molecule has 0 radical (unpaired) electrons. The van der Waals surface area contributed by atoms with E-state index in [0.717, 1.165) is 36.0 Å². The Morgan fingerprint density at radius 1 is 1.25 bits per heavy atom. The number of hydrazine groups is 1. The second-order valence-corrected chi connectivity index (χ2v) is 5.73. The summed E-state index contributed by atoms with van der Waals surface area (Å²) in [6.07, 6.45) is 10.0. The highest BCUT2D eigenvalue weighted by Crippen LogP contribution is 2.30. The van der Waals surface area contributed by atoms with Crippen molar-refractivity contribution in [1.82, 2.24) is 9.97 Å². The average Bonchev–Trinajstić information content (AvgIpc) is 2.49. The molecule has 2 atom stereocenters. The first-order valence-electron chi connectivity index (χ1n) is 7.85. The summed E-state index contributed by atoms with van der Waals surface area (Å²) >= 11 is 0. The van der Waals surface area contributed by atoms with E-state index in [-0.39, 0.29) is 0 Å². The van der Waals surface area contributed by atoms with E-state index < -0.39 is 0 Å². The standard InChI is InChI=1S/C15H27N5/c1-3-6-13-14(17-10-18-15(13)20-16)19-12-8-5-7-11(4-2)9-12/h10-12H,3-9,16H2,1-2H3,(H2,17,18,19,20). The van der Waals surface area contributed by atoms with Crippen LogP contribution in [-0.2, 0) is 6.42 Å². The van der Waals surface area contributed by atoms with Crippen molar-refractivity contribution in [3.8, 4) is 0 Å². The van der Waals surface area contributed by atoms with Gasteiger partial charge in [-0.2, -0.15) is 0 Å². The summed E-state index contributed by atoms with van der Waals surface area (Å²) < 4.78 is 0. The molecule has 1 aromatic heterocycles. The first kappa shape index (κ1) is 15.0. The number of hydrogen-bond donors (Lipinski definition) is 3. The van der Waals surface area contributed by atoms with Crippen LogP contribution in [0.5, 0.6) is 0 Å². The predicted molar refractivity (Wildman–Crippen MR) is 83.5 cm³/mol. The maximum atomic E-state index is 5.56. The van der Waals surface area contributed by atoms with E-state index in [1.54, 1.807) is 6.33 Å². The van der Waals surface area contributed by atoms with E-state index in [2.05, 4.69) is 34.6 Å². The third-order valence-electron chi connectivity index (χ3n) is 4.28. The zero-order chi connectivity index (χ0) is 14.4. The topological polar surface area (TPSA) is 75.9 Å². The third-order valence-corrected chi connectivity index (χ3v) is 4.28. The van der Waals surface area contributed by atoms with Crippen molar-refractivity contribution in [2.75, 3.05) is 10.7 Å². The molecule has 1 aromatic rings. The smallest absolute Gasteiger partial charge is 0.148 e. The van der Waals surface area contributed by atoms with Crippen molar-refractivity contribution < 1.29 is 0 Å². The van der Waals surface area contributed by atoms with Gasteiger partial charge in [0.25, 0.3) is 0 Å². The van der Waals surface area contributed by atoms with Crippen LogP contribution < -0.4 is 16.6 Å². The van der Waals surface area contributed by atoms with Crippen LogP contribution in [0.4, 0.5) is 11.6 Å². The first-order chi connectivity index (χ1) is 9.78. The number of hydrogen-bond acceptors (Lipinski definition) is 5. The molecule has 2 rings (SSSR count). The van der Waals surface area contributed by atoms with Crippen LogP contribution in [0.15, 0.2) is 6.33 Å². The summed E-state index contributed by atoms with van der Waals surface area (Å²) in [7, 11) is 0. The molecule has 0 spiro atoms. The molecule has 0 bridgehead atoms. The lowest BCUT2D eigenvalue weighted by Crippen LogP contribution is -2.28. The number of nitrogens with two attached hydrogens (primary N) is 1. The van der Waals surface area contributed by atoms with Crippen molar-refractivity contribution in [3.63, 3.8) is 0 Å². The molecule has 1 fully saturated rings. The molecule has 4 N–H and O–H groups in total. The van der Waals surface area contributed by atoms with E-state index in [9.17, 15) is 0 Å². The van der Waals surface area contributed by atoms with E-state index >= 15 is 0 Å². The lowest BCUT2D eigenvalue weighted by Gasteiger charge is -2.30. The fraction of sp³-hybridized carbons (Fsp3) is 0.733. The number of aromatic nitrogens is 2. The maximum absolute atomic E-state index is 5.56. The second-order valence-electron chi connectivity index (χ2n) is 5.73. The zero-order valence-electron chi connectivity index (χ0n) is 12.7. The van der Waals surface area contributed by atoms with E-state index in [4.69, 9.17) is 5.84 Å². The fourth-order valence-electron chi connectivity index (χ4n) is 3.13. The molecular formula is C15H27N5. The third kappa shape index (κ3) is 3.60. The van der Waals surface area contributed by atoms with Crippen molar-refractivity contribution in [2.24, 2.45) is 11.8 Å². The minimum Gasteiger partial charge on any atom is -0.367 e. The van der Waals surface area contributed by atoms with Crippen molar-refractivity contribution in [3.05, 3.63) is 11.9 Å². The number of nitrogen functional groups attached to an aromatic ring is 1. The van der Waals surface area contributed by atoms with Gasteiger partial charge in [-0.05, 0) is 25.2 Å². The molecule has 0 amide bonds. The van der Waals surface area contributed by atoms with Gasteiger partial charge in [-0.15, -0.1) is 0 Å². The maximum Gasteiger partial charge on any atom is 0.148 e. The fourth-order valence-corrected chi connectivity index (χ4v) is 3.13. The van der Waals surface area contributed by atoms with Gasteiger partial charge in [-0.3, -0.25) is 0 Å². The molecule has 0 aromatic carbocycles. The Hall–Kier alpha value is -1.36. The van der Waals surface area contributed by atoms with Crippen LogP contribution in [-0.4, -0.2) is 16.0 Å². The second kappa shape index (κ2) is 7.43. The van der Waals surface area contributed by atoms with E-state index in [1.807, 2.05) is 0 Å². The SMILES string of the molecule is CCCc1c(NN)ncnc1NC1CCCC(CC)C1.